The lowest BCUT2D eigenvalue weighted by Gasteiger charge is -2.13. The zero-order valence-corrected chi connectivity index (χ0v) is 13.6. The van der Waals surface area contributed by atoms with Gasteiger partial charge in [0.15, 0.2) is 0 Å². The van der Waals surface area contributed by atoms with E-state index in [1.807, 2.05) is 24.4 Å². The Morgan fingerprint density at radius 1 is 1.04 bits per heavy atom. The van der Waals surface area contributed by atoms with E-state index < -0.39 is 10.0 Å². The second-order valence-electron chi connectivity index (χ2n) is 4.90. The first kappa shape index (κ1) is 15.6. The van der Waals surface area contributed by atoms with Crippen molar-refractivity contribution in [3.8, 4) is 0 Å². The van der Waals surface area contributed by atoms with Gasteiger partial charge in [-0.25, -0.2) is 8.42 Å². The summed E-state index contributed by atoms with van der Waals surface area (Å²) in [5.41, 5.74) is 1.31. The summed E-state index contributed by atoms with van der Waals surface area (Å²) in [6.45, 7) is 0.466. The Labute approximate surface area is 139 Å². The molecule has 0 bridgehead atoms. The third kappa shape index (κ3) is 3.55. The van der Waals surface area contributed by atoms with E-state index in [1.54, 1.807) is 41.2 Å². The highest BCUT2D eigenvalue weighted by Crippen LogP contribution is 2.25. The van der Waals surface area contributed by atoms with Crippen molar-refractivity contribution in [2.75, 3.05) is 4.72 Å². The maximum Gasteiger partial charge on any atom is 0.263 e. The van der Waals surface area contributed by atoms with Crippen LogP contribution in [0.15, 0.2) is 71.9 Å². The van der Waals surface area contributed by atoms with E-state index in [-0.39, 0.29) is 9.92 Å². The molecule has 0 atom stereocenters. The number of halogens is 1. The molecule has 0 saturated carbocycles. The number of nitrogens with one attached hydrogen (secondary N) is 1. The first-order chi connectivity index (χ1) is 11.1. The maximum absolute atomic E-state index is 12.6. The average molecular weight is 348 g/mol. The van der Waals surface area contributed by atoms with Crippen LogP contribution in [-0.2, 0) is 16.6 Å². The van der Waals surface area contributed by atoms with Gasteiger partial charge < -0.3 is 0 Å². The van der Waals surface area contributed by atoms with E-state index in [9.17, 15) is 8.42 Å². The van der Waals surface area contributed by atoms with Crippen LogP contribution in [0.25, 0.3) is 0 Å². The Morgan fingerprint density at radius 3 is 2.52 bits per heavy atom. The highest BCUT2D eigenvalue weighted by Gasteiger charge is 2.18. The SMILES string of the molecule is O=S(=O)(Nc1ccccc1Cn1cccn1)c1ccccc1Cl. The van der Waals surface area contributed by atoms with Gasteiger partial charge in [-0.1, -0.05) is 41.9 Å². The average Bonchev–Trinajstić information content (AvgIpc) is 3.02. The molecule has 23 heavy (non-hydrogen) atoms. The van der Waals surface area contributed by atoms with E-state index in [0.717, 1.165) is 5.56 Å². The smallest absolute Gasteiger partial charge is 0.263 e. The van der Waals surface area contributed by atoms with Gasteiger partial charge in [0.05, 0.1) is 17.3 Å². The van der Waals surface area contributed by atoms with Crippen molar-refractivity contribution in [1.29, 1.82) is 0 Å². The van der Waals surface area contributed by atoms with Crippen molar-refractivity contribution >= 4 is 27.3 Å². The first-order valence-corrected chi connectivity index (χ1v) is 8.75. The Morgan fingerprint density at radius 2 is 1.78 bits per heavy atom. The molecule has 0 fully saturated rings. The minimum absolute atomic E-state index is 0.0514. The standard InChI is InChI=1S/C16H14ClN3O2S/c17-14-7-2-4-9-16(14)23(21,22)19-15-8-3-1-6-13(15)12-20-11-5-10-18-20/h1-11,19H,12H2. The largest absolute Gasteiger partial charge is 0.279 e. The first-order valence-electron chi connectivity index (χ1n) is 6.89. The van der Waals surface area contributed by atoms with Crippen molar-refractivity contribution in [2.45, 2.75) is 11.4 Å². The highest BCUT2D eigenvalue weighted by atomic mass is 35.5. The number of hydrogen-bond acceptors (Lipinski definition) is 3. The molecule has 118 valence electrons. The van der Waals surface area contributed by atoms with E-state index in [0.29, 0.717) is 12.2 Å². The molecule has 7 heteroatoms. The molecule has 2 aromatic carbocycles. The molecule has 0 aliphatic rings. The van der Waals surface area contributed by atoms with Gasteiger partial charge in [0.2, 0.25) is 0 Å². The summed E-state index contributed by atoms with van der Waals surface area (Å²) in [7, 11) is -3.76. The lowest BCUT2D eigenvalue weighted by atomic mass is 10.2. The minimum atomic E-state index is -3.76. The van der Waals surface area contributed by atoms with Crippen LogP contribution in [0.2, 0.25) is 5.02 Å². The Bertz CT molecular complexity index is 909. The van der Waals surface area contributed by atoms with Gasteiger partial charge in [-0.2, -0.15) is 5.10 Å². The lowest BCUT2D eigenvalue weighted by molar-refractivity contribution is 0.601. The van der Waals surface area contributed by atoms with Crippen LogP contribution in [0, 0.1) is 0 Å². The van der Waals surface area contributed by atoms with Crippen molar-refractivity contribution < 1.29 is 8.42 Å². The van der Waals surface area contributed by atoms with Gasteiger partial charge in [0.1, 0.15) is 4.90 Å². The summed E-state index contributed by atoms with van der Waals surface area (Å²) in [5, 5.41) is 4.32. The molecule has 0 unspecified atom stereocenters. The van der Waals surface area contributed by atoms with Gasteiger partial charge in [-0.15, -0.1) is 0 Å². The number of sulfonamides is 1. The van der Waals surface area contributed by atoms with Gasteiger partial charge in [0.25, 0.3) is 10.0 Å². The number of para-hydroxylation sites is 1. The summed E-state index contributed by atoms with van der Waals surface area (Å²) < 4.78 is 29.4. The quantitative estimate of drug-likeness (QED) is 0.769. The molecule has 0 radical (unpaired) electrons. The predicted molar refractivity (Wildman–Crippen MR) is 90.0 cm³/mol. The molecular weight excluding hydrogens is 334 g/mol. The Kier molecular flexibility index (Phi) is 4.36. The van der Waals surface area contributed by atoms with Crippen LogP contribution >= 0.6 is 11.6 Å². The monoisotopic (exact) mass is 347 g/mol. The zero-order chi connectivity index (χ0) is 16.3. The number of hydrogen-bond donors (Lipinski definition) is 1. The fourth-order valence-electron chi connectivity index (χ4n) is 2.19. The van der Waals surface area contributed by atoms with Crippen LogP contribution in [0.1, 0.15) is 5.56 Å². The zero-order valence-electron chi connectivity index (χ0n) is 12.1. The Balaban J connectivity index is 1.93. The predicted octanol–water partition coefficient (Wildman–Crippen LogP) is 3.39. The van der Waals surface area contributed by atoms with Gasteiger partial charge in [0, 0.05) is 12.4 Å². The number of nitrogens with zero attached hydrogens (tertiary/aromatic N) is 2. The molecule has 0 aliphatic carbocycles. The summed E-state index contributed by atoms with van der Waals surface area (Å²) in [4.78, 5) is 0.0514. The molecule has 1 N–H and O–H groups in total. The number of anilines is 1. The second kappa shape index (κ2) is 6.44. The van der Waals surface area contributed by atoms with Crippen LogP contribution in [-0.4, -0.2) is 18.2 Å². The molecule has 3 rings (SSSR count). The topological polar surface area (TPSA) is 64.0 Å². The van der Waals surface area contributed by atoms with Crippen molar-refractivity contribution in [3.05, 3.63) is 77.6 Å². The molecule has 1 aromatic heterocycles. The van der Waals surface area contributed by atoms with Gasteiger partial charge >= 0.3 is 0 Å². The van der Waals surface area contributed by atoms with Crippen LogP contribution in [0.3, 0.4) is 0 Å². The highest BCUT2D eigenvalue weighted by molar-refractivity contribution is 7.92. The molecule has 0 amide bonds. The fraction of sp³-hybridized carbons (Fsp3) is 0.0625. The summed E-state index contributed by atoms with van der Waals surface area (Å²) in [6.07, 6.45) is 3.50. The third-order valence-corrected chi connectivity index (χ3v) is 5.14. The minimum Gasteiger partial charge on any atom is -0.279 e. The third-order valence-electron chi connectivity index (χ3n) is 3.28. The number of benzene rings is 2. The normalized spacial score (nSPS) is 11.3. The maximum atomic E-state index is 12.6. The molecule has 0 saturated heterocycles. The van der Waals surface area contributed by atoms with E-state index >= 15 is 0 Å². The summed E-state index contributed by atoms with van der Waals surface area (Å²) in [6, 6.07) is 15.4. The number of aromatic nitrogens is 2. The van der Waals surface area contributed by atoms with Crippen molar-refractivity contribution in [2.24, 2.45) is 0 Å². The molecule has 0 aliphatic heterocycles. The van der Waals surface area contributed by atoms with Crippen molar-refractivity contribution in [3.63, 3.8) is 0 Å². The Hall–Kier alpha value is -2.31. The molecular formula is C16H14ClN3O2S. The second-order valence-corrected chi connectivity index (χ2v) is 6.95. The fourth-order valence-corrected chi connectivity index (χ4v) is 3.81. The van der Waals surface area contributed by atoms with Crippen LogP contribution in [0.5, 0.6) is 0 Å². The molecule has 3 aromatic rings. The van der Waals surface area contributed by atoms with Crippen LogP contribution in [0.4, 0.5) is 5.69 Å². The molecule has 1 heterocycles. The van der Waals surface area contributed by atoms with E-state index in [1.165, 1.54) is 6.07 Å². The molecule has 0 spiro atoms. The molecule has 5 nitrogen and oxygen atoms in total. The lowest BCUT2D eigenvalue weighted by Crippen LogP contribution is -2.15. The van der Waals surface area contributed by atoms with Gasteiger partial charge in [-0.05, 0) is 29.8 Å². The summed E-state index contributed by atoms with van der Waals surface area (Å²) >= 11 is 6.00. The number of rotatable bonds is 5. The van der Waals surface area contributed by atoms with Crippen LogP contribution < -0.4 is 4.72 Å². The van der Waals surface area contributed by atoms with Gasteiger partial charge in [-0.3, -0.25) is 9.40 Å². The van der Waals surface area contributed by atoms with E-state index in [4.69, 9.17) is 11.6 Å². The van der Waals surface area contributed by atoms with E-state index in [2.05, 4.69) is 9.82 Å². The van der Waals surface area contributed by atoms with Crippen molar-refractivity contribution in [1.82, 2.24) is 9.78 Å². The summed E-state index contributed by atoms with van der Waals surface area (Å²) in [5.74, 6) is 0.